The lowest BCUT2D eigenvalue weighted by Gasteiger charge is -2.36. The van der Waals surface area contributed by atoms with Gasteiger partial charge in [0.15, 0.2) is 0 Å². The molecule has 0 bridgehead atoms. The van der Waals surface area contributed by atoms with E-state index in [0.717, 1.165) is 11.3 Å². The molecule has 0 unspecified atom stereocenters. The zero-order chi connectivity index (χ0) is 24.6. The van der Waals surface area contributed by atoms with Crippen LogP contribution in [0.2, 0.25) is 5.02 Å². The Balaban J connectivity index is 1.42. The number of carbonyl (C=O) groups excluding carboxylic acids is 2. The summed E-state index contributed by atoms with van der Waals surface area (Å²) in [6.07, 6.45) is 3.46. The van der Waals surface area contributed by atoms with Crippen LogP contribution in [0.1, 0.15) is 22.8 Å². The molecule has 0 saturated carbocycles. The summed E-state index contributed by atoms with van der Waals surface area (Å²) in [6, 6.07) is 22.3. The van der Waals surface area contributed by atoms with E-state index in [9.17, 15) is 9.59 Å². The van der Waals surface area contributed by atoms with Crippen molar-refractivity contribution in [2.75, 3.05) is 43.0 Å². The van der Waals surface area contributed by atoms with Crippen molar-refractivity contribution in [1.29, 1.82) is 0 Å². The second kappa shape index (κ2) is 11.6. The van der Waals surface area contributed by atoms with Crippen molar-refractivity contribution in [1.82, 2.24) is 4.90 Å². The predicted octanol–water partition coefficient (Wildman–Crippen LogP) is 5.35. The molecule has 4 rings (SSSR count). The number of halogens is 1. The first-order valence-corrected chi connectivity index (χ1v) is 12.0. The van der Waals surface area contributed by atoms with Crippen LogP contribution in [0.5, 0.6) is 5.75 Å². The van der Waals surface area contributed by atoms with Crippen LogP contribution in [-0.4, -0.2) is 49.5 Å². The maximum atomic E-state index is 13.0. The Kier molecular flexibility index (Phi) is 8.06. The van der Waals surface area contributed by atoms with Gasteiger partial charge in [0.05, 0.1) is 18.0 Å². The maximum Gasteiger partial charge on any atom is 0.255 e. The molecule has 6 nitrogen and oxygen atoms in total. The maximum absolute atomic E-state index is 13.0. The van der Waals surface area contributed by atoms with Gasteiger partial charge in [-0.15, -0.1) is 0 Å². The van der Waals surface area contributed by atoms with Gasteiger partial charge in [-0.3, -0.25) is 9.59 Å². The zero-order valence-corrected chi connectivity index (χ0v) is 20.4. The number of hydrogen-bond acceptors (Lipinski definition) is 4. The molecule has 1 N–H and O–H groups in total. The van der Waals surface area contributed by atoms with E-state index in [2.05, 4.69) is 10.2 Å². The van der Waals surface area contributed by atoms with Crippen LogP contribution in [0, 0.1) is 0 Å². The van der Waals surface area contributed by atoms with Crippen LogP contribution in [-0.2, 0) is 4.79 Å². The third-order valence-electron chi connectivity index (χ3n) is 5.76. The molecule has 2 amide bonds. The minimum Gasteiger partial charge on any atom is -0.494 e. The molecule has 1 aliphatic rings. The van der Waals surface area contributed by atoms with Gasteiger partial charge in [-0.25, -0.2) is 0 Å². The number of anilines is 2. The lowest BCUT2D eigenvalue weighted by Crippen LogP contribution is -2.48. The number of benzene rings is 3. The van der Waals surface area contributed by atoms with Gasteiger partial charge >= 0.3 is 0 Å². The highest BCUT2D eigenvalue weighted by molar-refractivity contribution is 6.31. The molecule has 0 radical (unpaired) electrons. The van der Waals surface area contributed by atoms with Crippen LogP contribution in [0.4, 0.5) is 11.4 Å². The van der Waals surface area contributed by atoms with Crippen molar-refractivity contribution >= 4 is 40.9 Å². The third-order valence-corrected chi connectivity index (χ3v) is 6.00. The van der Waals surface area contributed by atoms with E-state index in [1.165, 1.54) is 0 Å². The molecule has 0 aliphatic carbocycles. The van der Waals surface area contributed by atoms with Crippen LogP contribution >= 0.6 is 11.6 Å². The molecule has 0 aromatic heterocycles. The average Bonchev–Trinajstić information content (AvgIpc) is 2.88. The second-order valence-corrected chi connectivity index (χ2v) is 8.57. The van der Waals surface area contributed by atoms with E-state index in [1.54, 1.807) is 30.3 Å². The highest BCUT2D eigenvalue weighted by atomic mass is 35.5. The zero-order valence-electron chi connectivity index (χ0n) is 19.6. The van der Waals surface area contributed by atoms with Gasteiger partial charge < -0.3 is 19.9 Å². The van der Waals surface area contributed by atoms with Gasteiger partial charge in [-0.05, 0) is 55.0 Å². The Morgan fingerprint density at radius 2 is 1.74 bits per heavy atom. The average molecular weight is 490 g/mol. The van der Waals surface area contributed by atoms with E-state index < -0.39 is 0 Å². The molecule has 3 aromatic rings. The molecule has 0 atom stereocenters. The van der Waals surface area contributed by atoms with Crippen molar-refractivity contribution in [3.05, 3.63) is 95.0 Å². The number of nitrogens with zero attached hydrogens (tertiary/aromatic N) is 2. The fraction of sp³-hybridized carbons (Fsp3) is 0.214. The molecule has 7 heteroatoms. The molecule has 1 heterocycles. The quantitative estimate of drug-likeness (QED) is 0.454. The largest absolute Gasteiger partial charge is 0.494 e. The molecule has 1 saturated heterocycles. The first-order chi connectivity index (χ1) is 17.0. The summed E-state index contributed by atoms with van der Waals surface area (Å²) in [7, 11) is 0. The number of amides is 2. The first kappa shape index (κ1) is 24.4. The fourth-order valence-electron chi connectivity index (χ4n) is 3.98. The fourth-order valence-corrected chi connectivity index (χ4v) is 4.15. The number of ether oxygens (including phenoxy) is 1. The van der Waals surface area contributed by atoms with E-state index in [0.29, 0.717) is 54.8 Å². The van der Waals surface area contributed by atoms with Crippen LogP contribution in [0.3, 0.4) is 0 Å². The summed E-state index contributed by atoms with van der Waals surface area (Å²) in [5.74, 6) is 0.399. The van der Waals surface area contributed by atoms with Gasteiger partial charge in [0, 0.05) is 42.8 Å². The Morgan fingerprint density at radius 1 is 0.971 bits per heavy atom. The van der Waals surface area contributed by atoms with Crippen molar-refractivity contribution in [3.8, 4) is 5.75 Å². The van der Waals surface area contributed by atoms with E-state index in [1.807, 2.05) is 66.4 Å². The van der Waals surface area contributed by atoms with Gasteiger partial charge in [0.1, 0.15) is 5.75 Å². The minimum absolute atomic E-state index is 0.00712. The van der Waals surface area contributed by atoms with Crippen molar-refractivity contribution < 1.29 is 14.3 Å². The summed E-state index contributed by atoms with van der Waals surface area (Å²) in [6.45, 7) is 4.90. The monoisotopic (exact) mass is 489 g/mol. The lowest BCUT2D eigenvalue weighted by atomic mass is 10.1. The van der Waals surface area contributed by atoms with E-state index >= 15 is 0 Å². The highest BCUT2D eigenvalue weighted by Gasteiger charge is 2.22. The summed E-state index contributed by atoms with van der Waals surface area (Å²) in [5, 5.41) is 3.53. The summed E-state index contributed by atoms with van der Waals surface area (Å²) < 4.78 is 5.51. The molecular formula is C28H28ClN3O3. The van der Waals surface area contributed by atoms with E-state index in [-0.39, 0.29) is 11.8 Å². The Morgan fingerprint density at radius 3 is 2.49 bits per heavy atom. The van der Waals surface area contributed by atoms with Gasteiger partial charge in [0.25, 0.3) is 5.91 Å². The number of hydrogen-bond donors (Lipinski definition) is 1. The van der Waals surface area contributed by atoms with Crippen molar-refractivity contribution in [2.45, 2.75) is 6.92 Å². The Labute approximate surface area is 210 Å². The molecule has 1 aliphatic heterocycles. The third kappa shape index (κ3) is 6.43. The second-order valence-electron chi connectivity index (χ2n) is 8.13. The lowest BCUT2D eigenvalue weighted by molar-refractivity contribution is -0.126. The molecule has 0 spiro atoms. The topological polar surface area (TPSA) is 61.9 Å². The molecule has 180 valence electrons. The van der Waals surface area contributed by atoms with Crippen LogP contribution < -0.4 is 15.0 Å². The van der Waals surface area contributed by atoms with Gasteiger partial charge in [0.2, 0.25) is 5.91 Å². The summed E-state index contributed by atoms with van der Waals surface area (Å²) in [4.78, 5) is 29.6. The number of nitrogens with one attached hydrogen (secondary N) is 1. The number of carbonyl (C=O) groups is 2. The van der Waals surface area contributed by atoms with Crippen molar-refractivity contribution in [3.63, 3.8) is 0 Å². The molecule has 1 fully saturated rings. The molecule has 3 aromatic carbocycles. The van der Waals surface area contributed by atoms with Crippen molar-refractivity contribution in [2.24, 2.45) is 0 Å². The minimum atomic E-state index is -0.241. The number of piperazine rings is 1. The summed E-state index contributed by atoms with van der Waals surface area (Å²) >= 11 is 6.25. The summed E-state index contributed by atoms with van der Waals surface area (Å²) in [5.41, 5.74) is 3.00. The van der Waals surface area contributed by atoms with Gasteiger partial charge in [-0.1, -0.05) is 48.0 Å². The molecule has 35 heavy (non-hydrogen) atoms. The SMILES string of the molecule is CCOc1cccc(C(=O)Nc2cc(Cl)ccc2N2CCN(C(=O)/C=C/c3ccccc3)CC2)c1. The predicted molar refractivity (Wildman–Crippen MR) is 141 cm³/mol. The highest BCUT2D eigenvalue weighted by Crippen LogP contribution is 2.31. The Bertz CT molecular complexity index is 1210. The molecular weight excluding hydrogens is 462 g/mol. The van der Waals surface area contributed by atoms with Crippen LogP contribution in [0.15, 0.2) is 78.9 Å². The first-order valence-electron chi connectivity index (χ1n) is 11.6. The van der Waals surface area contributed by atoms with E-state index in [4.69, 9.17) is 16.3 Å². The normalized spacial score (nSPS) is 13.7. The van der Waals surface area contributed by atoms with Gasteiger partial charge in [-0.2, -0.15) is 0 Å². The van der Waals surface area contributed by atoms with Crippen LogP contribution in [0.25, 0.3) is 6.08 Å². The number of rotatable bonds is 7. The smallest absolute Gasteiger partial charge is 0.255 e. The Hall–Kier alpha value is -3.77. The standard InChI is InChI=1S/C28H28ClN3O3/c1-2-35-24-10-6-9-22(19-24)28(34)30-25-20-23(29)12-13-26(25)31-15-17-32(18-16-31)27(33)14-11-21-7-4-3-5-8-21/h3-14,19-20H,2,15-18H2,1H3,(H,30,34)/b14-11+.